The number of nitrogens with zero attached hydrogens (tertiary/aromatic N) is 5. The predicted molar refractivity (Wildman–Crippen MR) is 93.9 cm³/mol. The summed E-state index contributed by atoms with van der Waals surface area (Å²) in [5.41, 5.74) is 0.209. The zero-order chi connectivity index (χ0) is 20.6. The Bertz CT molecular complexity index is 1110. The lowest BCUT2D eigenvalue weighted by Gasteiger charge is -2.31. The summed E-state index contributed by atoms with van der Waals surface area (Å²) in [4.78, 5) is 30.9. The maximum atomic E-state index is 12.7. The Labute approximate surface area is 162 Å². The van der Waals surface area contributed by atoms with E-state index in [2.05, 4.69) is 15.2 Å². The quantitative estimate of drug-likeness (QED) is 0.661. The molecule has 1 saturated heterocycles. The summed E-state index contributed by atoms with van der Waals surface area (Å²) in [7, 11) is 0. The number of piperidine rings is 1. The number of benzene rings is 1. The minimum absolute atomic E-state index is 0.139. The lowest BCUT2D eigenvalue weighted by atomic mass is 9.98. The van der Waals surface area contributed by atoms with Crippen LogP contribution in [-0.2, 0) is 17.5 Å². The molecule has 0 N–H and O–H groups in total. The van der Waals surface area contributed by atoms with Crippen molar-refractivity contribution < 1.29 is 22.4 Å². The number of carbonyl (C=O) groups excluding carboxylic acids is 1. The van der Waals surface area contributed by atoms with Gasteiger partial charge in [0.1, 0.15) is 6.54 Å². The highest BCUT2D eigenvalue weighted by atomic mass is 19.4. The molecular weight excluding hydrogens is 391 g/mol. The highest BCUT2D eigenvalue weighted by Gasteiger charge is 2.39. The Hall–Kier alpha value is -3.24. The number of carbonyl (C=O) groups is 1. The van der Waals surface area contributed by atoms with Gasteiger partial charge in [-0.05, 0) is 25.0 Å². The van der Waals surface area contributed by atoms with E-state index < -0.39 is 18.0 Å². The molecule has 1 fully saturated rings. The Morgan fingerprint density at radius 2 is 2.03 bits per heavy atom. The van der Waals surface area contributed by atoms with Crippen molar-refractivity contribution in [1.82, 2.24) is 24.6 Å². The molecule has 29 heavy (non-hydrogen) atoms. The fraction of sp³-hybridized carbons (Fsp3) is 0.389. The molecule has 11 heteroatoms. The van der Waals surface area contributed by atoms with Crippen molar-refractivity contribution in [3.05, 3.63) is 52.7 Å². The van der Waals surface area contributed by atoms with Crippen molar-refractivity contribution in [3.63, 3.8) is 0 Å². The van der Waals surface area contributed by atoms with Gasteiger partial charge in [0, 0.05) is 13.1 Å². The standard InChI is InChI=1S/C18H16F3N5O3/c19-18(20,21)17-24-23-15(29-17)11-4-3-7-25(8-11)14(27)9-26-10-22-13-6-2-1-5-12(13)16(26)28/h1-2,5-6,10-11H,3-4,7-9H2. The summed E-state index contributed by atoms with van der Waals surface area (Å²) in [5.74, 6) is -2.35. The van der Waals surface area contributed by atoms with E-state index in [-0.39, 0.29) is 30.4 Å². The minimum Gasteiger partial charge on any atom is -0.417 e. The van der Waals surface area contributed by atoms with Crippen LogP contribution in [0.25, 0.3) is 10.9 Å². The second kappa shape index (κ2) is 7.30. The van der Waals surface area contributed by atoms with Crippen LogP contribution < -0.4 is 5.56 Å². The summed E-state index contributed by atoms with van der Waals surface area (Å²) in [6.07, 6.45) is -2.29. The highest BCUT2D eigenvalue weighted by Crippen LogP contribution is 2.32. The largest absolute Gasteiger partial charge is 0.470 e. The van der Waals surface area contributed by atoms with Crippen LogP contribution in [0.3, 0.4) is 0 Å². The van der Waals surface area contributed by atoms with Crippen LogP contribution in [0.5, 0.6) is 0 Å². The maximum absolute atomic E-state index is 12.7. The van der Waals surface area contributed by atoms with E-state index >= 15 is 0 Å². The first-order valence-electron chi connectivity index (χ1n) is 8.95. The van der Waals surface area contributed by atoms with Crippen molar-refractivity contribution in [1.29, 1.82) is 0 Å². The molecule has 1 aromatic carbocycles. The lowest BCUT2D eigenvalue weighted by molar-refractivity contribution is -0.157. The molecule has 2 aromatic heterocycles. The van der Waals surface area contributed by atoms with Gasteiger partial charge in [-0.3, -0.25) is 14.2 Å². The smallest absolute Gasteiger partial charge is 0.417 e. The molecular formula is C18H16F3N5O3. The third-order valence-electron chi connectivity index (χ3n) is 4.84. The van der Waals surface area contributed by atoms with E-state index in [1.165, 1.54) is 15.8 Å². The van der Waals surface area contributed by atoms with Crippen molar-refractivity contribution in [2.75, 3.05) is 13.1 Å². The summed E-state index contributed by atoms with van der Waals surface area (Å²) in [6, 6.07) is 6.82. The van der Waals surface area contributed by atoms with Crippen LogP contribution in [-0.4, -0.2) is 43.6 Å². The average molecular weight is 407 g/mol. The van der Waals surface area contributed by atoms with E-state index in [1.807, 2.05) is 0 Å². The first-order valence-corrected chi connectivity index (χ1v) is 8.95. The summed E-state index contributed by atoms with van der Waals surface area (Å²) in [6.45, 7) is 0.375. The molecule has 4 rings (SSSR count). The molecule has 8 nitrogen and oxygen atoms in total. The molecule has 0 aliphatic carbocycles. The van der Waals surface area contributed by atoms with Crippen LogP contribution in [0, 0.1) is 0 Å². The number of aromatic nitrogens is 4. The van der Waals surface area contributed by atoms with E-state index in [0.29, 0.717) is 30.3 Å². The Kier molecular flexibility index (Phi) is 4.81. The van der Waals surface area contributed by atoms with Crippen molar-refractivity contribution in [2.24, 2.45) is 0 Å². The number of alkyl halides is 3. The van der Waals surface area contributed by atoms with Gasteiger partial charge in [0.2, 0.25) is 11.8 Å². The van der Waals surface area contributed by atoms with Gasteiger partial charge < -0.3 is 9.32 Å². The van der Waals surface area contributed by atoms with E-state index in [9.17, 15) is 22.8 Å². The number of hydrogen-bond acceptors (Lipinski definition) is 6. The Morgan fingerprint density at radius 1 is 1.24 bits per heavy atom. The molecule has 152 valence electrons. The average Bonchev–Trinajstić information content (AvgIpc) is 3.21. The SMILES string of the molecule is O=C(Cn1cnc2ccccc2c1=O)N1CCCC(c2nnc(C(F)(F)F)o2)C1. The van der Waals surface area contributed by atoms with Gasteiger partial charge in [0.15, 0.2) is 0 Å². The molecule has 1 unspecified atom stereocenters. The third kappa shape index (κ3) is 3.84. The number of fused-ring (bicyclic) bond motifs is 1. The van der Waals surface area contributed by atoms with Crippen LogP contribution >= 0.6 is 0 Å². The van der Waals surface area contributed by atoms with Gasteiger partial charge in [-0.2, -0.15) is 13.2 Å². The van der Waals surface area contributed by atoms with Crippen molar-refractivity contribution >= 4 is 16.8 Å². The molecule has 0 bridgehead atoms. The maximum Gasteiger partial charge on any atom is 0.470 e. The monoisotopic (exact) mass is 407 g/mol. The van der Waals surface area contributed by atoms with Gasteiger partial charge in [-0.15, -0.1) is 10.2 Å². The highest BCUT2D eigenvalue weighted by molar-refractivity contribution is 5.79. The van der Waals surface area contributed by atoms with Gasteiger partial charge in [0.05, 0.1) is 23.1 Å². The lowest BCUT2D eigenvalue weighted by Crippen LogP contribution is -2.42. The predicted octanol–water partition coefficient (Wildman–Crippen LogP) is 2.20. The number of amides is 1. The number of para-hydroxylation sites is 1. The second-order valence-electron chi connectivity index (χ2n) is 6.82. The molecule has 0 spiro atoms. The van der Waals surface area contributed by atoms with E-state index in [1.54, 1.807) is 24.3 Å². The fourth-order valence-corrected chi connectivity index (χ4v) is 3.38. The molecule has 1 aliphatic rings. The third-order valence-corrected chi connectivity index (χ3v) is 4.84. The fourth-order valence-electron chi connectivity index (χ4n) is 3.38. The Morgan fingerprint density at radius 3 is 2.79 bits per heavy atom. The molecule has 1 aliphatic heterocycles. The number of likely N-dealkylation sites (tertiary alicyclic amines) is 1. The van der Waals surface area contributed by atoms with Crippen molar-refractivity contribution in [3.8, 4) is 0 Å². The van der Waals surface area contributed by atoms with Crippen LogP contribution in [0.2, 0.25) is 0 Å². The number of hydrogen-bond donors (Lipinski definition) is 0. The van der Waals surface area contributed by atoms with Crippen molar-refractivity contribution in [2.45, 2.75) is 31.5 Å². The van der Waals surface area contributed by atoms with E-state index in [0.717, 1.165) is 0 Å². The van der Waals surface area contributed by atoms with E-state index in [4.69, 9.17) is 4.42 Å². The number of rotatable bonds is 3. The molecule has 0 saturated carbocycles. The summed E-state index contributed by atoms with van der Waals surface area (Å²) >= 11 is 0. The molecule has 3 heterocycles. The zero-order valence-corrected chi connectivity index (χ0v) is 15.1. The normalized spacial score (nSPS) is 17.6. The topological polar surface area (TPSA) is 94.1 Å². The molecule has 1 atom stereocenters. The van der Waals surface area contributed by atoms with Gasteiger partial charge >= 0.3 is 12.1 Å². The van der Waals surface area contributed by atoms with Gasteiger partial charge in [-0.25, -0.2) is 4.98 Å². The first kappa shape index (κ1) is 19.1. The first-order chi connectivity index (χ1) is 13.8. The second-order valence-corrected chi connectivity index (χ2v) is 6.82. The summed E-state index contributed by atoms with van der Waals surface area (Å²) in [5, 5.41) is 6.94. The van der Waals surface area contributed by atoms with Crippen LogP contribution in [0.1, 0.15) is 30.5 Å². The molecule has 1 amide bonds. The molecule has 0 radical (unpaired) electrons. The van der Waals surface area contributed by atoms with Gasteiger partial charge in [-0.1, -0.05) is 12.1 Å². The van der Waals surface area contributed by atoms with Crippen LogP contribution in [0.4, 0.5) is 13.2 Å². The minimum atomic E-state index is -4.71. The zero-order valence-electron chi connectivity index (χ0n) is 15.1. The number of halogens is 3. The summed E-state index contributed by atoms with van der Waals surface area (Å²) < 4.78 is 44.0. The molecule has 3 aromatic rings. The van der Waals surface area contributed by atoms with Crippen LogP contribution in [0.15, 0.2) is 39.8 Å². The Balaban J connectivity index is 1.49. The van der Waals surface area contributed by atoms with Gasteiger partial charge in [0.25, 0.3) is 5.56 Å².